The van der Waals surface area contributed by atoms with Gasteiger partial charge in [0, 0.05) is 22.4 Å². The Bertz CT molecular complexity index is 737. The predicted molar refractivity (Wildman–Crippen MR) is 90.6 cm³/mol. The molecule has 3 nitrogen and oxygen atoms in total. The molecule has 1 aromatic carbocycles. The summed E-state index contributed by atoms with van der Waals surface area (Å²) in [6.45, 7) is 5.24. The fraction of sp³-hybridized carbons (Fsp3) is 0.353. The summed E-state index contributed by atoms with van der Waals surface area (Å²) >= 11 is 3.55. The summed E-state index contributed by atoms with van der Waals surface area (Å²) in [5.74, 6) is 0. The average Bonchev–Trinajstić information content (AvgIpc) is 3.09. The number of hydrogen-bond donors (Lipinski definition) is 0. The lowest BCUT2D eigenvalue weighted by molar-refractivity contribution is 0.425. The van der Waals surface area contributed by atoms with Gasteiger partial charge in [-0.15, -0.1) is 0 Å². The number of aromatic nitrogens is 3. The molecule has 0 N–H and O–H groups in total. The van der Waals surface area contributed by atoms with E-state index in [2.05, 4.69) is 81.8 Å². The van der Waals surface area contributed by atoms with Crippen LogP contribution in [0.15, 0.2) is 47.2 Å². The number of hydrogen-bond acceptors (Lipinski definition) is 1. The lowest BCUT2D eigenvalue weighted by atomic mass is 10.2. The van der Waals surface area contributed by atoms with Crippen molar-refractivity contribution in [3.8, 4) is 0 Å². The van der Waals surface area contributed by atoms with Crippen molar-refractivity contribution in [2.45, 2.75) is 39.3 Å². The fourth-order valence-corrected chi connectivity index (χ4v) is 3.15. The second-order valence-electron chi connectivity index (χ2n) is 5.40. The molecule has 0 amide bonds. The van der Waals surface area contributed by atoms with Crippen molar-refractivity contribution in [3.05, 3.63) is 52.9 Å². The quantitative estimate of drug-likeness (QED) is 0.637. The zero-order valence-electron chi connectivity index (χ0n) is 12.5. The molecule has 0 unspecified atom stereocenters. The molecule has 4 heteroatoms. The molecule has 0 fully saturated rings. The van der Waals surface area contributed by atoms with E-state index < -0.39 is 0 Å². The van der Waals surface area contributed by atoms with Crippen LogP contribution < -0.4 is 0 Å². The Morgan fingerprint density at radius 2 is 1.90 bits per heavy atom. The van der Waals surface area contributed by atoms with Gasteiger partial charge in [-0.25, -0.2) is 0 Å². The minimum absolute atomic E-state index is 0.509. The van der Waals surface area contributed by atoms with Crippen molar-refractivity contribution in [2.24, 2.45) is 0 Å². The number of benzene rings is 1. The van der Waals surface area contributed by atoms with Crippen LogP contribution in [0.3, 0.4) is 0 Å². The zero-order chi connectivity index (χ0) is 14.8. The molecule has 2 aromatic heterocycles. The summed E-state index contributed by atoms with van der Waals surface area (Å²) in [6, 6.07) is 11.2. The van der Waals surface area contributed by atoms with Crippen molar-refractivity contribution in [2.75, 3.05) is 0 Å². The van der Waals surface area contributed by atoms with Crippen LogP contribution in [0.5, 0.6) is 0 Å². The molecule has 0 saturated heterocycles. The Kier molecular flexibility index (Phi) is 4.15. The van der Waals surface area contributed by atoms with Crippen LogP contribution in [0.25, 0.3) is 10.9 Å². The average molecular weight is 346 g/mol. The summed E-state index contributed by atoms with van der Waals surface area (Å²) in [5.41, 5.74) is 2.35. The van der Waals surface area contributed by atoms with Crippen LogP contribution in [0.2, 0.25) is 0 Å². The van der Waals surface area contributed by atoms with Gasteiger partial charge in [0.05, 0.1) is 18.3 Å². The van der Waals surface area contributed by atoms with Gasteiger partial charge < -0.3 is 4.57 Å². The van der Waals surface area contributed by atoms with Crippen molar-refractivity contribution in [1.29, 1.82) is 0 Å². The monoisotopic (exact) mass is 345 g/mol. The van der Waals surface area contributed by atoms with Crippen molar-refractivity contribution < 1.29 is 0 Å². The summed E-state index contributed by atoms with van der Waals surface area (Å²) in [4.78, 5) is 0. The summed E-state index contributed by atoms with van der Waals surface area (Å²) in [6.07, 6.45) is 6.48. The smallest absolute Gasteiger partial charge is 0.0821 e. The van der Waals surface area contributed by atoms with E-state index in [4.69, 9.17) is 5.10 Å². The SMILES string of the molecule is CCC(CC)n1ccc(Cn2ccc3ccc(Br)cc32)n1. The molecule has 3 aromatic rings. The number of rotatable bonds is 5. The maximum atomic E-state index is 4.74. The third-order valence-electron chi connectivity index (χ3n) is 4.05. The molecular formula is C17H20BrN3. The molecule has 0 bridgehead atoms. The highest BCUT2D eigenvalue weighted by Crippen LogP contribution is 2.22. The second-order valence-corrected chi connectivity index (χ2v) is 6.32. The number of halogens is 1. The van der Waals surface area contributed by atoms with Crippen LogP contribution >= 0.6 is 15.9 Å². The lowest BCUT2D eigenvalue weighted by Crippen LogP contribution is -2.08. The van der Waals surface area contributed by atoms with Crippen molar-refractivity contribution in [3.63, 3.8) is 0 Å². The first-order valence-corrected chi connectivity index (χ1v) is 8.29. The first-order chi connectivity index (χ1) is 10.2. The van der Waals surface area contributed by atoms with Gasteiger partial charge in [-0.2, -0.15) is 5.10 Å². The van der Waals surface area contributed by atoms with Gasteiger partial charge in [0.15, 0.2) is 0 Å². The van der Waals surface area contributed by atoms with Crippen LogP contribution in [0.4, 0.5) is 0 Å². The molecule has 0 atom stereocenters. The minimum atomic E-state index is 0.509. The van der Waals surface area contributed by atoms with Crippen molar-refractivity contribution >= 4 is 26.8 Å². The summed E-state index contributed by atoms with van der Waals surface area (Å²) in [7, 11) is 0. The summed E-state index contributed by atoms with van der Waals surface area (Å²) < 4.78 is 5.47. The third kappa shape index (κ3) is 2.91. The van der Waals surface area contributed by atoms with Gasteiger partial charge >= 0.3 is 0 Å². The van der Waals surface area contributed by atoms with Gasteiger partial charge in [-0.1, -0.05) is 35.8 Å². The lowest BCUT2D eigenvalue weighted by Gasteiger charge is -2.12. The highest BCUT2D eigenvalue weighted by atomic mass is 79.9. The number of nitrogens with zero attached hydrogens (tertiary/aromatic N) is 3. The van der Waals surface area contributed by atoms with Gasteiger partial charge in [-0.05, 0) is 42.5 Å². The van der Waals surface area contributed by atoms with Crippen molar-refractivity contribution in [1.82, 2.24) is 14.3 Å². The van der Waals surface area contributed by atoms with E-state index in [0.717, 1.165) is 29.6 Å². The maximum absolute atomic E-state index is 4.74. The topological polar surface area (TPSA) is 22.8 Å². The third-order valence-corrected chi connectivity index (χ3v) is 4.54. The Hall–Kier alpha value is -1.55. The van der Waals surface area contributed by atoms with Crippen LogP contribution in [-0.2, 0) is 6.54 Å². The molecule has 0 saturated carbocycles. The molecule has 3 rings (SSSR count). The first-order valence-electron chi connectivity index (χ1n) is 7.49. The van der Waals surface area contributed by atoms with E-state index in [1.54, 1.807) is 0 Å². The largest absolute Gasteiger partial charge is 0.341 e. The van der Waals surface area contributed by atoms with E-state index in [9.17, 15) is 0 Å². The predicted octanol–water partition coefficient (Wildman–Crippen LogP) is 5.01. The Labute approximate surface area is 133 Å². The molecule has 110 valence electrons. The summed E-state index contributed by atoms with van der Waals surface area (Å²) in [5, 5.41) is 6.00. The Morgan fingerprint density at radius 3 is 2.67 bits per heavy atom. The van der Waals surface area contributed by atoms with Gasteiger partial charge in [-0.3, -0.25) is 4.68 Å². The van der Waals surface area contributed by atoms with E-state index in [-0.39, 0.29) is 0 Å². The molecular weight excluding hydrogens is 326 g/mol. The Balaban J connectivity index is 1.87. The molecule has 0 aliphatic heterocycles. The van der Waals surface area contributed by atoms with Crippen LogP contribution in [-0.4, -0.2) is 14.3 Å². The van der Waals surface area contributed by atoms with E-state index in [1.165, 1.54) is 10.9 Å². The molecule has 2 heterocycles. The Morgan fingerprint density at radius 1 is 1.10 bits per heavy atom. The van der Waals surface area contributed by atoms with Crippen LogP contribution in [0, 0.1) is 0 Å². The van der Waals surface area contributed by atoms with E-state index in [0.29, 0.717) is 6.04 Å². The van der Waals surface area contributed by atoms with Gasteiger partial charge in [0.2, 0.25) is 0 Å². The molecule has 0 spiro atoms. The molecule has 0 radical (unpaired) electrons. The highest BCUT2D eigenvalue weighted by Gasteiger charge is 2.09. The van der Waals surface area contributed by atoms with Crippen LogP contribution in [0.1, 0.15) is 38.4 Å². The minimum Gasteiger partial charge on any atom is -0.341 e. The molecule has 0 aliphatic carbocycles. The molecule has 21 heavy (non-hydrogen) atoms. The number of fused-ring (bicyclic) bond motifs is 1. The standard InChI is InChI=1S/C17H20BrN3/c1-3-16(4-2)21-10-8-15(19-21)12-20-9-7-13-5-6-14(18)11-17(13)20/h5-11,16H,3-4,12H2,1-2H3. The second kappa shape index (κ2) is 6.06. The van der Waals surface area contributed by atoms with Gasteiger partial charge in [0.1, 0.15) is 0 Å². The van der Waals surface area contributed by atoms with E-state index >= 15 is 0 Å². The van der Waals surface area contributed by atoms with E-state index in [1.807, 2.05) is 0 Å². The molecule has 0 aliphatic rings. The maximum Gasteiger partial charge on any atom is 0.0821 e. The normalized spacial score (nSPS) is 11.6. The van der Waals surface area contributed by atoms with Gasteiger partial charge in [0.25, 0.3) is 0 Å². The first kappa shape index (κ1) is 14.4. The highest BCUT2D eigenvalue weighted by molar-refractivity contribution is 9.10. The fourth-order valence-electron chi connectivity index (χ4n) is 2.80. The zero-order valence-corrected chi connectivity index (χ0v) is 14.0.